The van der Waals surface area contributed by atoms with Gasteiger partial charge in [-0.2, -0.15) is 0 Å². The van der Waals surface area contributed by atoms with Crippen molar-refractivity contribution in [2.24, 2.45) is 0 Å². The third-order valence-corrected chi connectivity index (χ3v) is 6.55. The molecule has 0 spiro atoms. The number of carboxylic acid groups (broad SMARTS) is 4. The van der Waals surface area contributed by atoms with Gasteiger partial charge in [-0.25, -0.2) is 19.2 Å². The highest BCUT2D eigenvalue weighted by atomic mass is 16.5. The molecule has 0 saturated carbocycles. The molecule has 0 heterocycles. The zero-order chi connectivity index (χ0) is 29.9. The van der Waals surface area contributed by atoms with Gasteiger partial charge in [0, 0.05) is 5.41 Å². The van der Waals surface area contributed by atoms with Crippen molar-refractivity contribution >= 4 is 23.9 Å². The van der Waals surface area contributed by atoms with Gasteiger partial charge in [0.2, 0.25) is 0 Å². The minimum atomic E-state index is -1.42. The van der Waals surface area contributed by atoms with Gasteiger partial charge >= 0.3 is 23.9 Å². The second kappa shape index (κ2) is 11.2. The maximum Gasteiger partial charge on any atom is 0.340 e. The lowest BCUT2D eigenvalue weighted by atomic mass is 9.78. The van der Waals surface area contributed by atoms with Gasteiger partial charge in [0.1, 0.15) is 34.1 Å². The second-order valence-corrected chi connectivity index (χ2v) is 9.46. The average Bonchev–Trinajstić information content (AvgIpc) is 2.93. The van der Waals surface area contributed by atoms with E-state index in [0.717, 1.165) is 11.1 Å². The third-order valence-electron chi connectivity index (χ3n) is 6.55. The minimum absolute atomic E-state index is 0.0973. The molecule has 0 aliphatic rings. The van der Waals surface area contributed by atoms with Gasteiger partial charge in [0.25, 0.3) is 0 Å². The van der Waals surface area contributed by atoms with Crippen LogP contribution in [0.2, 0.25) is 0 Å². The quantitative estimate of drug-likeness (QED) is 0.172. The van der Waals surface area contributed by atoms with E-state index in [-0.39, 0.29) is 22.6 Å². The lowest BCUT2D eigenvalue weighted by molar-refractivity contribution is 0.0649. The molecule has 10 nitrogen and oxygen atoms in total. The number of ether oxygens (including phenoxy) is 2. The molecule has 0 saturated heterocycles. The van der Waals surface area contributed by atoms with E-state index in [1.807, 2.05) is 13.8 Å². The predicted octanol–water partition coefficient (Wildman–Crippen LogP) is 6.39. The molecule has 0 amide bonds. The van der Waals surface area contributed by atoms with Crippen molar-refractivity contribution in [3.8, 4) is 23.0 Å². The maximum absolute atomic E-state index is 11.7. The molecule has 0 aliphatic carbocycles. The van der Waals surface area contributed by atoms with E-state index in [9.17, 15) is 39.6 Å². The molecular weight excluding hydrogens is 532 g/mol. The molecular formula is C31H24O10. The fourth-order valence-electron chi connectivity index (χ4n) is 4.33. The molecule has 0 fully saturated rings. The van der Waals surface area contributed by atoms with Crippen LogP contribution < -0.4 is 9.47 Å². The molecule has 4 aromatic carbocycles. The number of benzene rings is 4. The van der Waals surface area contributed by atoms with E-state index in [4.69, 9.17) is 9.47 Å². The van der Waals surface area contributed by atoms with Crippen molar-refractivity contribution < 1.29 is 49.1 Å². The van der Waals surface area contributed by atoms with Crippen molar-refractivity contribution in [1.82, 2.24) is 0 Å². The Balaban J connectivity index is 1.55. The number of hydrogen-bond donors (Lipinski definition) is 4. The molecule has 4 aromatic rings. The Morgan fingerprint density at radius 3 is 1.15 bits per heavy atom. The monoisotopic (exact) mass is 556 g/mol. The molecule has 0 aliphatic heterocycles. The van der Waals surface area contributed by atoms with E-state index in [0.29, 0.717) is 11.5 Å². The Hall–Kier alpha value is -5.64. The number of carbonyl (C=O) groups is 4. The van der Waals surface area contributed by atoms with Crippen LogP contribution in [0, 0.1) is 0 Å². The highest BCUT2D eigenvalue weighted by molar-refractivity contribution is 6.04. The summed E-state index contributed by atoms with van der Waals surface area (Å²) in [6.45, 7) is 3.97. The smallest absolute Gasteiger partial charge is 0.340 e. The summed E-state index contributed by atoms with van der Waals surface area (Å²) in [7, 11) is 0. The van der Waals surface area contributed by atoms with Gasteiger partial charge in [-0.1, -0.05) is 50.2 Å². The Labute approximate surface area is 233 Å². The van der Waals surface area contributed by atoms with Crippen LogP contribution in [0.3, 0.4) is 0 Å². The summed E-state index contributed by atoms with van der Waals surface area (Å²) in [5.74, 6) is -5.16. The fourth-order valence-corrected chi connectivity index (χ4v) is 4.33. The van der Waals surface area contributed by atoms with Gasteiger partial charge in [-0.3, -0.25) is 0 Å². The summed E-state index contributed by atoms with van der Waals surface area (Å²) in [6.07, 6.45) is 0. The van der Waals surface area contributed by atoms with E-state index in [1.54, 1.807) is 48.5 Å². The predicted molar refractivity (Wildman–Crippen MR) is 146 cm³/mol. The number of hydrogen-bond acceptors (Lipinski definition) is 6. The van der Waals surface area contributed by atoms with E-state index < -0.39 is 40.4 Å². The highest BCUT2D eigenvalue weighted by Crippen LogP contribution is 2.36. The SMILES string of the molecule is CC(C)(c1ccc(Oc2cccc(C(=O)O)c2C(=O)O)cc1)c1ccc(Oc2cccc(C(=O)O)c2C(=O)O)cc1. The molecule has 0 unspecified atom stereocenters. The second-order valence-electron chi connectivity index (χ2n) is 9.46. The normalized spacial score (nSPS) is 11.0. The van der Waals surface area contributed by atoms with Crippen LogP contribution >= 0.6 is 0 Å². The van der Waals surface area contributed by atoms with Crippen molar-refractivity contribution in [3.05, 3.63) is 118 Å². The molecule has 208 valence electrons. The number of rotatable bonds is 10. The van der Waals surface area contributed by atoms with Gasteiger partial charge in [-0.05, 0) is 59.7 Å². The summed E-state index contributed by atoms with van der Waals surface area (Å²) in [5.41, 5.74) is -0.393. The number of aromatic carboxylic acids is 4. The maximum atomic E-state index is 11.7. The molecule has 0 atom stereocenters. The molecule has 41 heavy (non-hydrogen) atoms. The summed E-state index contributed by atoms with van der Waals surface area (Å²) < 4.78 is 11.4. The minimum Gasteiger partial charge on any atom is -0.478 e. The lowest BCUT2D eigenvalue weighted by Gasteiger charge is -2.26. The molecule has 0 aromatic heterocycles. The van der Waals surface area contributed by atoms with Gasteiger partial charge in [-0.15, -0.1) is 0 Å². The lowest BCUT2D eigenvalue weighted by Crippen LogP contribution is -2.18. The molecule has 10 heteroatoms. The first-order valence-corrected chi connectivity index (χ1v) is 12.2. The molecule has 4 N–H and O–H groups in total. The van der Waals surface area contributed by atoms with Crippen LogP contribution in [0.15, 0.2) is 84.9 Å². The van der Waals surface area contributed by atoms with Crippen LogP contribution in [-0.4, -0.2) is 44.3 Å². The van der Waals surface area contributed by atoms with Crippen LogP contribution in [-0.2, 0) is 5.41 Å². The molecule has 0 bridgehead atoms. The van der Waals surface area contributed by atoms with Crippen molar-refractivity contribution in [3.63, 3.8) is 0 Å². The zero-order valence-corrected chi connectivity index (χ0v) is 21.8. The van der Waals surface area contributed by atoms with E-state index >= 15 is 0 Å². The Morgan fingerprint density at radius 2 is 0.854 bits per heavy atom. The Kier molecular flexibility index (Phi) is 7.77. The van der Waals surface area contributed by atoms with Crippen molar-refractivity contribution in [2.75, 3.05) is 0 Å². The fraction of sp³-hybridized carbons (Fsp3) is 0.0968. The van der Waals surface area contributed by atoms with Crippen LogP contribution in [0.5, 0.6) is 23.0 Å². The first kappa shape index (κ1) is 28.4. The third kappa shape index (κ3) is 5.86. The van der Waals surface area contributed by atoms with Gasteiger partial charge in [0.05, 0.1) is 11.1 Å². The number of carboxylic acids is 4. The standard InChI is InChI=1S/C31H24O10/c1-31(2,17-9-13-19(14-10-17)40-23-7-3-5-21(27(32)33)25(23)29(36)37)18-11-15-20(16-12-18)41-24-8-4-6-22(28(34)35)26(24)30(38)39/h3-16H,1-2H3,(H,32,33)(H,34,35)(H,36,37)(H,38,39). The topological polar surface area (TPSA) is 168 Å². The van der Waals surface area contributed by atoms with Crippen LogP contribution in [0.4, 0.5) is 0 Å². The summed E-state index contributed by atoms with van der Waals surface area (Å²) in [4.78, 5) is 46.3. The van der Waals surface area contributed by atoms with Crippen molar-refractivity contribution in [1.29, 1.82) is 0 Å². The van der Waals surface area contributed by atoms with Crippen LogP contribution in [0.25, 0.3) is 0 Å². The Bertz CT molecular complexity index is 1530. The Morgan fingerprint density at radius 1 is 0.512 bits per heavy atom. The van der Waals surface area contributed by atoms with Gasteiger partial charge < -0.3 is 29.9 Å². The first-order chi connectivity index (χ1) is 19.4. The summed E-state index contributed by atoms with van der Waals surface area (Å²) in [5, 5.41) is 37.7. The largest absolute Gasteiger partial charge is 0.478 e. The highest BCUT2D eigenvalue weighted by Gasteiger charge is 2.25. The van der Waals surface area contributed by atoms with E-state index in [2.05, 4.69) is 0 Å². The first-order valence-electron chi connectivity index (χ1n) is 12.2. The van der Waals surface area contributed by atoms with Crippen molar-refractivity contribution in [2.45, 2.75) is 19.3 Å². The zero-order valence-electron chi connectivity index (χ0n) is 21.8. The summed E-state index contributed by atoms with van der Waals surface area (Å²) >= 11 is 0. The van der Waals surface area contributed by atoms with Crippen LogP contribution in [0.1, 0.15) is 66.4 Å². The molecule has 0 radical (unpaired) electrons. The summed E-state index contributed by atoms with van der Waals surface area (Å²) in [6, 6.07) is 21.8. The molecule has 4 rings (SSSR count). The average molecular weight is 557 g/mol. The van der Waals surface area contributed by atoms with Gasteiger partial charge in [0.15, 0.2) is 0 Å². The van der Waals surface area contributed by atoms with E-state index in [1.165, 1.54) is 36.4 Å².